The first-order chi connectivity index (χ1) is 9.80. The van der Waals surface area contributed by atoms with Crippen molar-refractivity contribution >= 4 is 27.3 Å². The molecule has 1 aromatic rings. The van der Waals surface area contributed by atoms with Gasteiger partial charge in [0.05, 0.1) is 9.82 Å². The Kier molecular flexibility index (Phi) is 6.53. The van der Waals surface area contributed by atoms with Gasteiger partial charge in [0.15, 0.2) is 0 Å². The Morgan fingerprint density at radius 1 is 1.33 bits per heavy atom. The maximum atomic E-state index is 12.3. The molecular weight excluding hydrogens is 320 g/mol. The van der Waals surface area contributed by atoms with E-state index in [-0.39, 0.29) is 23.1 Å². The fourth-order valence-electron chi connectivity index (χ4n) is 1.72. The zero-order valence-corrected chi connectivity index (χ0v) is 13.1. The van der Waals surface area contributed by atoms with Crippen LogP contribution in [-0.4, -0.2) is 43.0 Å². The quantitative estimate of drug-likeness (QED) is 0.444. The largest absolute Gasteiger partial charge is 0.396 e. The van der Waals surface area contributed by atoms with Gasteiger partial charge in [0.25, 0.3) is 5.69 Å². The van der Waals surface area contributed by atoms with Gasteiger partial charge in [-0.2, -0.15) is 0 Å². The van der Waals surface area contributed by atoms with Gasteiger partial charge in [0.2, 0.25) is 10.0 Å². The summed E-state index contributed by atoms with van der Waals surface area (Å²) in [7, 11) is -2.38. The number of rotatable bonds is 8. The summed E-state index contributed by atoms with van der Waals surface area (Å²) in [5, 5.41) is 19.4. The van der Waals surface area contributed by atoms with E-state index in [1.165, 1.54) is 19.2 Å². The summed E-state index contributed by atoms with van der Waals surface area (Å²) < 4.78 is 25.7. The maximum Gasteiger partial charge on any atom is 0.289 e. The molecule has 7 nitrogen and oxygen atoms in total. The predicted molar refractivity (Wildman–Crippen MR) is 78.9 cm³/mol. The second-order valence-corrected chi connectivity index (χ2v) is 6.93. The number of hydrogen-bond acceptors (Lipinski definition) is 5. The Morgan fingerprint density at radius 3 is 2.57 bits per heavy atom. The molecule has 0 amide bonds. The zero-order valence-electron chi connectivity index (χ0n) is 11.5. The average Bonchev–Trinajstić information content (AvgIpc) is 2.43. The van der Waals surface area contributed by atoms with Crippen molar-refractivity contribution < 1.29 is 18.4 Å². The SMILES string of the molecule is CN(CCCCCO)S(=O)(=O)c1ccc(Cl)c([N+](=O)[O-])c1. The summed E-state index contributed by atoms with van der Waals surface area (Å²) >= 11 is 5.67. The van der Waals surface area contributed by atoms with E-state index in [0.717, 1.165) is 10.4 Å². The Hall–Kier alpha value is -1.22. The zero-order chi connectivity index (χ0) is 16.0. The molecule has 118 valence electrons. The molecule has 0 atom stereocenters. The molecule has 0 saturated carbocycles. The van der Waals surface area contributed by atoms with E-state index in [9.17, 15) is 18.5 Å². The number of hydrogen-bond donors (Lipinski definition) is 1. The van der Waals surface area contributed by atoms with E-state index in [1.807, 2.05) is 0 Å². The molecule has 0 unspecified atom stereocenters. The number of nitrogens with zero attached hydrogens (tertiary/aromatic N) is 2. The van der Waals surface area contributed by atoms with Crippen molar-refractivity contribution in [2.75, 3.05) is 20.2 Å². The highest BCUT2D eigenvalue weighted by atomic mass is 35.5. The summed E-state index contributed by atoms with van der Waals surface area (Å²) in [4.78, 5) is 9.92. The van der Waals surface area contributed by atoms with Crippen molar-refractivity contribution in [3.05, 3.63) is 33.3 Å². The number of nitro benzene ring substituents is 1. The third-order valence-electron chi connectivity index (χ3n) is 2.95. The molecule has 0 aliphatic carbocycles. The lowest BCUT2D eigenvalue weighted by Gasteiger charge is -2.17. The molecular formula is C12H17ClN2O5S. The minimum atomic E-state index is -3.79. The fourth-order valence-corrected chi connectivity index (χ4v) is 3.13. The molecule has 0 radical (unpaired) electrons. The highest BCUT2D eigenvalue weighted by molar-refractivity contribution is 7.89. The van der Waals surface area contributed by atoms with Crippen molar-refractivity contribution in [3.8, 4) is 0 Å². The van der Waals surface area contributed by atoms with Gasteiger partial charge >= 0.3 is 0 Å². The van der Waals surface area contributed by atoms with E-state index in [0.29, 0.717) is 19.3 Å². The van der Waals surface area contributed by atoms with Gasteiger partial charge in [-0.3, -0.25) is 10.1 Å². The van der Waals surface area contributed by atoms with Crippen LogP contribution >= 0.6 is 11.6 Å². The van der Waals surface area contributed by atoms with Gasteiger partial charge in [0, 0.05) is 26.3 Å². The Morgan fingerprint density at radius 2 is 2.00 bits per heavy atom. The number of aliphatic hydroxyl groups excluding tert-OH is 1. The smallest absolute Gasteiger partial charge is 0.289 e. The fraction of sp³-hybridized carbons (Fsp3) is 0.500. The van der Waals surface area contributed by atoms with Gasteiger partial charge in [-0.1, -0.05) is 11.6 Å². The highest BCUT2D eigenvalue weighted by Gasteiger charge is 2.24. The first-order valence-electron chi connectivity index (χ1n) is 6.32. The lowest BCUT2D eigenvalue weighted by molar-refractivity contribution is -0.384. The monoisotopic (exact) mass is 336 g/mol. The number of halogens is 1. The molecule has 1 rings (SSSR count). The van der Waals surface area contributed by atoms with Crippen LogP contribution in [0.5, 0.6) is 0 Å². The van der Waals surface area contributed by atoms with E-state index in [2.05, 4.69) is 0 Å². The molecule has 0 heterocycles. The van der Waals surface area contributed by atoms with Crippen LogP contribution in [0, 0.1) is 10.1 Å². The number of sulfonamides is 1. The van der Waals surface area contributed by atoms with E-state index >= 15 is 0 Å². The Bertz CT molecular complexity index is 606. The van der Waals surface area contributed by atoms with Crippen LogP contribution < -0.4 is 0 Å². The first-order valence-corrected chi connectivity index (χ1v) is 8.13. The van der Waals surface area contributed by atoms with Crippen molar-refractivity contribution in [1.29, 1.82) is 0 Å². The second kappa shape index (κ2) is 7.69. The number of benzene rings is 1. The summed E-state index contributed by atoms with van der Waals surface area (Å²) in [6.45, 7) is 0.346. The van der Waals surface area contributed by atoms with Crippen LogP contribution in [0.2, 0.25) is 5.02 Å². The van der Waals surface area contributed by atoms with Crippen LogP contribution in [0.15, 0.2) is 23.1 Å². The highest BCUT2D eigenvalue weighted by Crippen LogP contribution is 2.28. The minimum Gasteiger partial charge on any atom is -0.396 e. The first kappa shape index (κ1) is 17.8. The van der Waals surface area contributed by atoms with E-state index in [4.69, 9.17) is 16.7 Å². The summed E-state index contributed by atoms with van der Waals surface area (Å²) in [5.74, 6) is 0. The molecule has 0 fully saturated rings. The van der Waals surface area contributed by atoms with Crippen LogP contribution in [0.25, 0.3) is 0 Å². The molecule has 0 saturated heterocycles. The number of unbranched alkanes of at least 4 members (excludes halogenated alkanes) is 2. The van der Waals surface area contributed by atoms with Crippen molar-refractivity contribution in [3.63, 3.8) is 0 Å². The van der Waals surface area contributed by atoms with Gasteiger partial charge < -0.3 is 5.11 Å². The normalized spacial score (nSPS) is 11.8. The van der Waals surface area contributed by atoms with Crippen molar-refractivity contribution in [2.45, 2.75) is 24.2 Å². The minimum absolute atomic E-state index is 0.0693. The van der Waals surface area contributed by atoms with Gasteiger partial charge in [-0.05, 0) is 31.4 Å². The summed E-state index contributed by atoms with van der Waals surface area (Å²) in [6, 6.07) is 3.41. The summed E-state index contributed by atoms with van der Waals surface area (Å²) in [5.41, 5.74) is -0.438. The van der Waals surface area contributed by atoms with Gasteiger partial charge in [-0.15, -0.1) is 0 Å². The molecule has 0 aromatic heterocycles. The Balaban J connectivity index is 2.92. The van der Waals surface area contributed by atoms with Gasteiger partial charge in [0.1, 0.15) is 5.02 Å². The van der Waals surface area contributed by atoms with E-state index < -0.39 is 20.6 Å². The van der Waals surface area contributed by atoms with Crippen LogP contribution in [0.3, 0.4) is 0 Å². The standard InChI is InChI=1S/C12H17ClN2O5S/c1-14(7-3-2-4-8-16)21(19,20)10-5-6-11(13)12(9-10)15(17)18/h5-6,9,16H,2-4,7-8H2,1H3. The van der Waals surface area contributed by atoms with Crippen LogP contribution in [0.1, 0.15) is 19.3 Å². The second-order valence-electron chi connectivity index (χ2n) is 4.48. The van der Waals surface area contributed by atoms with Crippen molar-refractivity contribution in [1.82, 2.24) is 4.31 Å². The Labute approximate surface area is 128 Å². The molecule has 1 N–H and O–H groups in total. The van der Waals surface area contributed by atoms with Crippen LogP contribution in [0.4, 0.5) is 5.69 Å². The molecule has 0 aliphatic rings. The molecule has 0 bridgehead atoms. The molecule has 0 spiro atoms. The van der Waals surface area contributed by atoms with Crippen LogP contribution in [-0.2, 0) is 10.0 Å². The number of nitro groups is 1. The molecule has 1 aromatic carbocycles. The van der Waals surface area contributed by atoms with E-state index in [1.54, 1.807) is 0 Å². The molecule has 9 heteroatoms. The molecule has 21 heavy (non-hydrogen) atoms. The van der Waals surface area contributed by atoms with Crippen molar-refractivity contribution in [2.24, 2.45) is 0 Å². The lowest BCUT2D eigenvalue weighted by Crippen LogP contribution is -2.28. The predicted octanol–water partition coefficient (Wildman–Crippen LogP) is 2.03. The summed E-state index contributed by atoms with van der Waals surface area (Å²) in [6.07, 6.45) is 1.92. The van der Waals surface area contributed by atoms with Gasteiger partial charge in [-0.25, -0.2) is 12.7 Å². The maximum absolute atomic E-state index is 12.3. The number of aliphatic hydroxyl groups is 1. The topological polar surface area (TPSA) is 101 Å². The molecule has 0 aliphatic heterocycles. The third kappa shape index (κ3) is 4.63. The lowest BCUT2D eigenvalue weighted by atomic mass is 10.2. The average molecular weight is 337 g/mol. The third-order valence-corrected chi connectivity index (χ3v) is 5.13.